The summed E-state index contributed by atoms with van der Waals surface area (Å²) in [6.07, 6.45) is 3.52. The Morgan fingerprint density at radius 1 is 1.27 bits per heavy atom. The van der Waals surface area contributed by atoms with Crippen LogP contribution in [0.4, 0.5) is 0 Å². The van der Waals surface area contributed by atoms with E-state index in [9.17, 15) is 4.79 Å². The van der Waals surface area contributed by atoms with Crippen molar-refractivity contribution in [3.8, 4) is 0 Å². The van der Waals surface area contributed by atoms with Crippen molar-refractivity contribution in [2.75, 3.05) is 13.7 Å². The minimum Gasteiger partial charge on any atom is -0.375 e. The van der Waals surface area contributed by atoms with Crippen molar-refractivity contribution in [3.05, 3.63) is 57.8 Å². The molecule has 0 aliphatic carbocycles. The Morgan fingerprint density at radius 2 is 2.05 bits per heavy atom. The summed E-state index contributed by atoms with van der Waals surface area (Å²) in [5, 5.41) is 5.07. The van der Waals surface area contributed by atoms with Crippen molar-refractivity contribution in [2.45, 2.75) is 32.2 Å². The summed E-state index contributed by atoms with van der Waals surface area (Å²) in [7, 11) is 1.53. The molecule has 2 aromatic rings. The van der Waals surface area contributed by atoms with Gasteiger partial charge >= 0.3 is 0 Å². The van der Waals surface area contributed by atoms with Crippen molar-refractivity contribution >= 4 is 17.2 Å². The number of hydrogen-bond acceptors (Lipinski definition) is 3. The molecule has 22 heavy (non-hydrogen) atoms. The minimum atomic E-state index is -0.108. The van der Waals surface area contributed by atoms with Crippen LogP contribution in [0.1, 0.15) is 41.8 Å². The maximum absolute atomic E-state index is 11.9. The Morgan fingerprint density at radius 3 is 2.64 bits per heavy atom. The van der Waals surface area contributed by atoms with Gasteiger partial charge in [-0.05, 0) is 35.4 Å². The van der Waals surface area contributed by atoms with E-state index in [-0.39, 0.29) is 18.6 Å². The molecule has 118 valence electrons. The Hall–Kier alpha value is -1.65. The summed E-state index contributed by atoms with van der Waals surface area (Å²) in [5.41, 5.74) is 2.45. The summed E-state index contributed by atoms with van der Waals surface area (Å²) < 4.78 is 4.91. The normalized spacial score (nSPS) is 12.1. The molecule has 1 N–H and O–H groups in total. The van der Waals surface area contributed by atoms with E-state index >= 15 is 0 Å². The van der Waals surface area contributed by atoms with Gasteiger partial charge in [-0.1, -0.05) is 43.7 Å². The largest absolute Gasteiger partial charge is 0.375 e. The fourth-order valence-electron chi connectivity index (χ4n) is 2.37. The van der Waals surface area contributed by atoms with E-state index in [4.69, 9.17) is 4.74 Å². The molecule has 3 nitrogen and oxygen atoms in total. The first-order chi connectivity index (χ1) is 10.7. The highest BCUT2D eigenvalue weighted by molar-refractivity contribution is 7.10. The van der Waals surface area contributed by atoms with Crippen molar-refractivity contribution in [1.29, 1.82) is 0 Å². The Labute approximate surface area is 136 Å². The lowest BCUT2D eigenvalue weighted by atomic mass is 10.0. The quantitative estimate of drug-likeness (QED) is 0.801. The van der Waals surface area contributed by atoms with Crippen LogP contribution >= 0.6 is 11.3 Å². The van der Waals surface area contributed by atoms with Crippen molar-refractivity contribution in [3.63, 3.8) is 0 Å². The maximum Gasteiger partial charge on any atom is 0.246 e. The van der Waals surface area contributed by atoms with Gasteiger partial charge in [0.05, 0.1) is 6.04 Å². The number of hydrogen-bond donors (Lipinski definition) is 1. The summed E-state index contributed by atoms with van der Waals surface area (Å²) in [6, 6.07) is 12.5. The first-order valence-corrected chi connectivity index (χ1v) is 8.53. The molecule has 0 saturated carbocycles. The van der Waals surface area contributed by atoms with Crippen LogP contribution in [0.5, 0.6) is 0 Å². The van der Waals surface area contributed by atoms with E-state index in [2.05, 4.69) is 36.5 Å². The van der Waals surface area contributed by atoms with Crippen molar-refractivity contribution < 1.29 is 9.53 Å². The third-order valence-corrected chi connectivity index (χ3v) is 4.48. The van der Waals surface area contributed by atoms with E-state index in [1.165, 1.54) is 25.5 Å². The van der Waals surface area contributed by atoms with Crippen LogP contribution in [0.2, 0.25) is 0 Å². The average Bonchev–Trinajstić information content (AvgIpc) is 3.06. The van der Waals surface area contributed by atoms with E-state index in [0.29, 0.717) is 0 Å². The first kappa shape index (κ1) is 16.7. The highest BCUT2D eigenvalue weighted by Gasteiger charge is 2.17. The molecule has 1 unspecified atom stereocenters. The van der Waals surface area contributed by atoms with Gasteiger partial charge in [0, 0.05) is 12.0 Å². The zero-order chi connectivity index (χ0) is 15.8. The number of carbonyl (C=O) groups is 1. The second-order valence-electron chi connectivity index (χ2n) is 5.29. The van der Waals surface area contributed by atoms with Crippen LogP contribution < -0.4 is 5.32 Å². The summed E-state index contributed by atoms with van der Waals surface area (Å²) >= 11 is 1.65. The summed E-state index contributed by atoms with van der Waals surface area (Å²) in [4.78, 5) is 13.0. The number of benzene rings is 1. The SMILES string of the molecule is CCCCc1ccc(C(NC(=O)COC)c2cccs2)cc1. The van der Waals surface area contributed by atoms with Crippen molar-refractivity contribution in [2.24, 2.45) is 0 Å². The van der Waals surface area contributed by atoms with Gasteiger partial charge in [-0.25, -0.2) is 0 Å². The molecule has 0 spiro atoms. The number of thiophene rings is 1. The van der Waals surface area contributed by atoms with Gasteiger partial charge in [0.2, 0.25) is 5.91 Å². The van der Waals surface area contributed by atoms with E-state index in [0.717, 1.165) is 16.9 Å². The van der Waals surface area contributed by atoms with E-state index < -0.39 is 0 Å². The molecule has 2 rings (SSSR count). The van der Waals surface area contributed by atoms with Crippen LogP contribution in [0.25, 0.3) is 0 Å². The zero-order valence-corrected chi connectivity index (χ0v) is 14.0. The number of aryl methyl sites for hydroxylation is 1. The predicted octanol–water partition coefficient (Wildman–Crippen LogP) is 3.94. The predicted molar refractivity (Wildman–Crippen MR) is 91.2 cm³/mol. The maximum atomic E-state index is 11.9. The lowest BCUT2D eigenvalue weighted by molar-refractivity contribution is -0.125. The van der Waals surface area contributed by atoms with E-state index in [1.807, 2.05) is 17.5 Å². The van der Waals surface area contributed by atoms with Crippen LogP contribution in [-0.4, -0.2) is 19.6 Å². The van der Waals surface area contributed by atoms with Crippen molar-refractivity contribution in [1.82, 2.24) is 5.32 Å². The molecule has 1 atom stereocenters. The van der Waals surface area contributed by atoms with Gasteiger partial charge < -0.3 is 10.1 Å². The molecule has 1 amide bonds. The van der Waals surface area contributed by atoms with Crippen LogP contribution in [0.3, 0.4) is 0 Å². The Kier molecular flexibility index (Phi) is 6.62. The number of methoxy groups -OCH3 is 1. The molecule has 1 aromatic carbocycles. The minimum absolute atomic E-state index is 0.0798. The van der Waals surface area contributed by atoms with Gasteiger partial charge in [0.15, 0.2) is 0 Å². The van der Waals surface area contributed by atoms with Gasteiger partial charge in [-0.3, -0.25) is 4.79 Å². The topological polar surface area (TPSA) is 38.3 Å². The molecule has 0 aliphatic rings. The fraction of sp³-hybridized carbons (Fsp3) is 0.389. The molecule has 1 heterocycles. The molecule has 1 aromatic heterocycles. The summed E-state index contributed by atoms with van der Waals surface area (Å²) in [6.45, 7) is 2.28. The van der Waals surface area contributed by atoms with Gasteiger partial charge in [-0.2, -0.15) is 0 Å². The molecule has 0 radical (unpaired) electrons. The number of rotatable bonds is 8. The fourth-order valence-corrected chi connectivity index (χ4v) is 3.17. The molecule has 0 aliphatic heterocycles. The highest BCUT2D eigenvalue weighted by Crippen LogP contribution is 2.26. The van der Waals surface area contributed by atoms with E-state index in [1.54, 1.807) is 11.3 Å². The lowest BCUT2D eigenvalue weighted by Crippen LogP contribution is -2.31. The second-order valence-corrected chi connectivity index (χ2v) is 6.27. The molecular formula is C18H23NO2S. The van der Waals surface area contributed by atoms with Gasteiger partial charge in [0.1, 0.15) is 6.61 Å². The molecule has 0 bridgehead atoms. The monoisotopic (exact) mass is 317 g/mol. The van der Waals surface area contributed by atoms with Gasteiger partial charge in [-0.15, -0.1) is 11.3 Å². The Bertz CT molecular complexity index is 563. The third-order valence-electron chi connectivity index (χ3n) is 3.54. The lowest BCUT2D eigenvalue weighted by Gasteiger charge is -2.18. The number of nitrogens with one attached hydrogen (secondary N) is 1. The van der Waals surface area contributed by atoms with Gasteiger partial charge in [0.25, 0.3) is 0 Å². The molecule has 4 heteroatoms. The van der Waals surface area contributed by atoms with Crippen LogP contribution in [-0.2, 0) is 16.0 Å². The smallest absolute Gasteiger partial charge is 0.246 e. The second kappa shape index (κ2) is 8.71. The first-order valence-electron chi connectivity index (χ1n) is 7.65. The number of amides is 1. The average molecular weight is 317 g/mol. The Balaban J connectivity index is 2.16. The molecule has 0 fully saturated rings. The zero-order valence-electron chi connectivity index (χ0n) is 13.2. The third kappa shape index (κ3) is 4.68. The number of ether oxygens (including phenoxy) is 1. The number of carbonyl (C=O) groups excluding carboxylic acids is 1. The summed E-state index contributed by atoms with van der Waals surface area (Å²) in [5.74, 6) is -0.101. The number of unbranched alkanes of at least 4 members (excludes halogenated alkanes) is 1. The molecule has 0 saturated heterocycles. The van der Waals surface area contributed by atoms with Crippen LogP contribution in [0.15, 0.2) is 41.8 Å². The van der Waals surface area contributed by atoms with Crippen LogP contribution in [0, 0.1) is 0 Å². The molecular weight excluding hydrogens is 294 g/mol. The standard InChI is InChI=1S/C18H23NO2S/c1-3-4-6-14-8-10-15(11-9-14)18(16-7-5-12-22-16)19-17(20)13-21-2/h5,7-12,18H,3-4,6,13H2,1-2H3,(H,19,20). The highest BCUT2D eigenvalue weighted by atomic mass is 32.1.